The van der Waals surface area contributed by atoms with Crippen LogP contribution in [0.5, 0.6) is 0 Å². The predicted molar refractivity (Wildman–Crippen MR) is 78.0 cm³/mol. The number of carboxylic acids is 1. The molecule has 116 valence electrons. The van der Waals surface area contributed by atoms with Gasteiger partial charge in [-0.3, -0.25) is 4.79 Å². The number of hydrogen-bond donors (Lipinski definition) is 2. The van der Waals surface area contributed by atoms with E-state index in [0.29, 0.717) is 6.54 Å². The van der Waals surface area contributed by atoms with Crippen molar-refractivity contribution in [2.24, 2.45) is 0 Å². The molecule has 0 spiro atoms. The van der Waals surface area contributed by atoms with Gasteiger partial charge < -0.3 is 10.4 Å². The van der Waals surface area contributed by atoms with Gasteiger partial charge in [0, 0.05) is 6.54 Å². The number of rotatable bonds is 7. The first-order valence-corrected chi connectivity index (χ1v) is 8.21. The minimum Gasteiger partial charge on any atom is -0.478 e. The maximum atomic E-state index is 12.4. The molecule has 0 aromatic heterocycles. The summed E-state index contributed by atoms with van der Waals surface area (Å²) in [5.41, 5.74) is -0.328. The molecule has 0 aliphatic heterocycles. The summed E-state index contributed by atoms with van der Waals surface area (Å²) in [5.74, 6) is -1.96. The molecule has 6 nitrogen and oxygen atoms in total. The standard InChI is InChI=1S/C14H19NO5S/c1-3-4-9-15-13(16)10(2)21(19,20)12-8-6-5-7-11(12)14(17)18/h5-8,10H,3-4,9H2,1-2H3,(H,15,16)(H,17,18). The number of amides is 1. The molecule has 0 heterocycles. The smallest absolute Gasteiger partial charge is 0.337 e. The van der Waals surface area contributed by atoms with E-state index in [9.17, 15) is 18.0 Å². The quantitative estimate of drug-likeness (QED) is 0.742. The van der Waals surface area contributed by atoms with Crippen LogP contribution in [0.2, 0.25) is 0 Å². The van der Waals surface area contributed by atoms with Crippen LogP contribution in [0.15, 0.2) is 29.2 Å². The lowest BCUT2D eigenvalue weighted by molar-refractivity contribution is -0.120. The van der Waals surface area contributed by atoms with Gasteiger partial charge in [0.1, 0.15) is 5.25 Å². The van der Waals surface area contributed by atoms with Crippen molar-refractivity contribution in [3.05, 3.63) is 29.8 Å². The number of sulfone groups is 1. The molecule has 1 aromatic rings. The van der Waals surface area contributed by atoms with Crippen LogP contribution in [0.4, 0.5) is 0 Å². The van der Waals surface area contributed by atoms with Gasteiger partial charge in [-0.25, -0.2) is 13.2 Å². The first-order valence-electron chi connectivity index (χ1n) is 6.66. The van der Waals surface area contributed by atoms with E-state index >= 15 is 0 Å². The maximum absolute atomic E-state index is 12.4. The topological polar surface area (TPSA) is 101 Å². The summed E-state index contributed by atoms with van der Waals surface area (Å²) in [4.78, 5) is 22.7. The van der Waals surface area contributed by atoms with Crippen LogP contribution in [-0.4, -0.2) is 37.2 Å². The lowest BCUT2D eigenvalue weighted by Crippen LogP contribution is -2.38. The zero-order chi connectivity index (χ0) is 16.0. The maximum Gasteiger partial charge on any atom is 0.337 e. The second-order valence-electron chi connectivity index (χ2n) is 4.63. The zero-order valence-corrected chi connectivity index (χ0v) is 12.8. The number of benzene rings is 1. The van der Waals surface area contributed by atoms with Crippen LogP contribution in [0.1, 0.15) is 37.0 Å². The van der Waals surface area contributed by atoms with Crippen LogP contribution < -0.4 is 5.32 Å². The molecule has 7 heteroatoms. The van der Waals surface area contributed by atoms with Crippen molar-refractivity contribution in [1.29, 1.82) is 0 Å². The number of nitrogens with one attached hydrogen (secondary N) is 1. The van der Waals surface area contributed by atoms with Gasteiger partial charge in [-0.05, 0) is 25.5 Å². The largest absolute Gasteiger partial charge is 0.478 e. The molecule has 0 saturated carbocycles. The van der Waals surface area contributed by atoms with E-state index in [1.54, 1.807) is 0 Å². The molecule has 1 rings (SSSR count). The van der Waals surface area contributed by atoms with Gasteiger partial charge in [0.05, 0.1) is 10.5 Å². The Morgan fingerprint density at radius 1 is 1.29 bits per heavy atom. The monoisotopic (exact) mass is 313 g/mol. The summed E-state index contributed by atoms with van der Waals surface area (Å²) >= 11 is 0. The third-order valence-corrected chi connectivity index (χ3v) is 5.20. The first-order chi connectivity index (χ1) is 9.82. The number of aromatic carboxylic acids is 1. The fraction of sp³-hybridized carbons (Fsp3) is 0.429. The van der Waals surface area contributed by atoms with Gasteiger partial charge in [0.2, 0.25) is 5.91 Å². The molecule has 0 aliphatic carbocycles. The van der Waals surface area contributed by atoms with Gasteiger partial charge in [0.25, 0.3) is 0 Å². The molecule has 0 aliphatic rings. The number of hydrogen-bond acceptors (Lipinski definition) is 4. The average molecular weight is 313 g/mol. The van der Waals surface area contributed by atoms with Crippen molar-refractivity contribution in [2.45, 2.75) is 36.8 Å². The highest BCUT2D eigenvalue weighted by molar-refractivity contribution is 7.92. The zero-order valence-electron chi connectivity index (χ0n) is 12.0. The molecule has 0 bridgehead atoms. The third-order valence-electron chi connectivity index (χ3n) is 3.09. The molecule has 0 fully saturated rings. The number of carboxylic acid groups (broad SMARTS) is 1. The molecule has 1 amide bonds. The molecular weight excluding hydrogens is 294 g/mol. The highest BCUT2D eigenvalue weighted by Gasteiger charge is 2.32. The average Bonchev–Trinajstić information content (AvgIpc) is 2.46. The lowest BCUT2D eigenvalue weighted by Gasteiger charge is -2.14. The Morgan fingerprint density at radius 3 is 2.48 bits per heavy atom. The number of carbonyl (C=O) groups is 2. The van der Waals surface area contributed by atoms with Crippen LogP contribution in [0.3, 0.4) is 0 Å². The van der Waals surface area contributed by atoms with E-state index in [-0.39, 0.29) is 10.5 Å². The van der Waals surface area contributed by atoms with Gasteiger partial charge in [-0.15, -0.1) is 0 Å². The summed E-state index contributed by atoms with van der Waals surface area (Å²) in [5, 5.41) is 10.3. The van der Waals surface area contributed by atoms with Crippen molar-refractivity contribution < 1.29 is 23.1 Å². The van der Waals surface area contributed by atoms with Crippen molar-refractivity contribution in [3.8, 4) is 0 Å². The van der Waals surface area contributed by atoms with Crippen molar-refractivity contribution in [3.63, 3.8) is 0 Å². The summed E-state index contributed by atoms with van der Waals surface area (Å²) < 4.78 is 24.8. The lowest BCUT2D eigenvalue weighted by atomic mass is 10.2. The molecule has 0 radical (unpaired) electrons. The van der Waals surface area contributed by atoms with Crippen molar-refractivity contribution in [1.82, 2.24) is 5.32 Å². The third kappa shape index (κ3) is 4.04. The second-order valence-corrected chi connectivity index (χ2v) is 6.87. The first kappa shape index (κ1) is 17.2. The van der Waals surface area contributed by atoms with Crippen LogP contribution >= 0.6 is 0 Å². The van der Waals surface area contributed by atoms with E-state index in [2.05, 4.69) is 5.32 Å². The Bertz CT molecular complexity index is 624. The number of unbranched alkanes of at least 4 members (excludes halogenated alkanes) is 1. The Hall–Kier alpha value is -1.89. The summed E-state index contributed by atoms with van der Waals surface area (Å²) in [6.45, 7) is 3.61. The fourth-order valence-corrected chi connectivity index (χ4v) is 3.23. The fourth-order valence-electron chi connectivity index (χ4n) is 1.75. The Labute approximate surface area is 124 Å². The SMILES string of the molecule is CCCCNC(=O)C(C)S(=O)(=O)c1ccccc1C(=O)O. The summed E-state index contributed by atoms with van der Waals surface area (Å²) in [6.07, 6.45) is 1.63. The minimum absolute atomic E-state index is 0.328. The predicted octanol–water partition coefficient (Wildman–Crippen LogP) is 1.46. The molecule has 21 heavy (non-hydrogen) atoms. The summed E-state index contributed by atoms with van der Waals surface area (Å²) in [6, 6.07) is 5.28. The summed E-state index contributed by atoms with van der Waals surface area (Å²) in [7, 11) is -4.04. The van der Waals surface area contributed by atoms with Crippen LogP contribution in [0, 0.1) is 0 Å². The van der Waals surface area contributed by atoms with Crippen LogP contribution in [-0.2, 0) is 14.6 Å². The van der Waals surface area contributed by atoms with E-state index in [0.717, 1.165) is 12.8 Å². The second kappa shape index (κ2) is 7.21. The van der Waals surface area contributed by atoms with Gasteiger partial charge in [-0.2, -0.15) is 0 Å². The molecule has 1 atom stereocenters. The minimum atomic E-state index is -4.04. The highest BCUT2D eigenvalue weighted by Crippen LogP contribution is 2.20. The van der Waals surface area contributed by atoms with E-state index < -0.39 is 27.0 Å². The van der Waals surface area contributed by atoms with E-state index in [1.807, 2.05) is 6.92 Å². The molecule has 1 unspecified atom stereocenters. The Kier molecular flexibility index (Phi) is 5.90. The number of carbonyl (C=O) groups excluding carboxylic acids is 1. The highest BCUT2D eigenvalue weighted by atomic mass is 32.2. The normalized spacial score (nSPS) is 12.7. The van der Waals surface area contributed by atoms with Gasteiger partial charge in [0.15, 0.2) is 9.84 Å². The Balaban J connectivity index is 3.06. The van der Waals surface area contributed by atoms with Crippen molar-refractivity contribution in [2.75, 3.05) is 6.54 Å². The molecule has 1 aromatic carbocycles. The van der Waals surface area contributed by atoms with E-state index in [4.69, 9.17) is 5.11 Å². The van der Waals surface area contributed by atoms with Gasteiger partial charge in [-0.1, -0.05) is 25.5 Å². The molecule has 2 N–H and O–H groups in total. The van der Waals surface area contributed by atoms with Crippen molar-refractivity contribution >= 4 is 21.7 Å². The van der Waals surface area contributed by atoms with Gasteiger partial charge >= 0.3 is 5.97 Å². The molecular formula is C14H19NO5S. The van der Waals surface area contributed by atoms with E-state index in [1.165, 1.54) is 31.2 Å². The Morgan fingerprint density at radius 2 is 1.90 bits per heavy atom. The van der Waals surface area contributed by atoms with Crippen LogP contribution in [0.25, 0.3) is 0 Å². The molecule has 0 saturated heterocycles.